The van der Waals surface area contributed by atoms with Crippen molar-refractivity contribution in [2.75, 3.05) is 45.2 Å². The van der Waals surface area contributed by atoms with Crippen LogP contribution >= 0.6 is 0 Å². The number of rotatable bonds is 6. The smallest absolute Gasteiger partial charge is 0.315 e. The van der Waals surface area contributed by atoms with E-state index in [1.165, 1.54) is 0 Å². The van der Waals surface area contributed by atoms with Gasteiger partial charge in [0.2, 0.25) is 5.91 Å². The summed E-state index contributed by atoms with van der Waals surface area (Å²) < 4.78 is 5.79. The van der Waals surface area contributed by atoms with Crippen LogP contribution in [0.3, 0.4) is 0 Å². The number of anilines is 1. The number of ether oxygens (including phenoxy) is 1. The topological polar surface area (TPSA) is 58.6 Å². The van der Waals surface area contributed by atoms with Crippen LogP contribution in [0.4, 0.5) is 11.4 Å². The Morgan fingerprint density at radius 1 is 1.04 bits per heavy atom. The number of hydrogen-bond donors (Lipinski definition) is 1. The number of hydrogen-bond acceptors (Lipinski definition) is 4. The van der Waals surface area contributed by atoms with Gasteiger partial charge in [0.05, 0.1) is 14.0 Å². The van der Waals surface area contributed by atoms with Gasteiger partial charge in [-0.2, -0.15) is 0 Å². The van der Waals surface area contributed by atoms with Crippen LogP contribution in [0.1, 0.15) is 13.3 Å². The molecule has 1 aliphatic heterocycles. The molecule has 1 heterocycles. The Labute approximate surface area is 166 Å². The number of piperazine rings is 1. The van der Waals surface area contributed by atoms with E-state index in [1.807, 2.05) is 54.6 Å². The van der Waals surface area contributed by atoms with E-state index in [9.17, 15) is 9.59 Å². The Kier molecular flexibility index (Phi) is 6.44. The molecule has 0 spiro atoms. The van der Waals surface area contributed by atoms with E-state index in [-0.39, 0.29) is 16.3 Å². The molecule has 0 aliphatic carbocycles. The lowest BCUT2D eigenvalue weighted by atomic mass is 10.1. The minimum atomic E-state index is 0.00817. The van der Waals surface area contributed by atoms with Gasteiger partial charge in [-0.3, -0.25) is 9.69 Å². The van der Waals surface area contributed by atoms with Crippen LogP contribution in [0.15, 0.2) is 54.6 Å². The van der Waals surface area contributed by atoms with Crippen LogP contribution in [-0.4, -0.2) is 56.5 Å². The molecule has 0 radical (unpaired) electrons. The summed E-state index contributed by atoms with van der Waals surface area (Å²) in [4.78, 5) is 27.0. The number of para-hydroxylation sites is 3. The molecule has 1 aliphatic rings. The third-order valence-corrected chi connectivity index (χ3v) is 5.46. The highest BCUT2D eigenvalue weighted by atomic mass is 16.5. The first-order valence-electron chi connectivity index (χ1n) is 9.64. The van der Waals surface area contributed by atoms with E-state index in [0.29, 0.717) is 26.1 Å². The van der Waals surface area contributed by atoms with E-state index in [4.69, 9.17) is 4.74 Å². The highest BCUT2D eigenvalue weighted by Crippen LogP contribution is 2.35. The molecule has 2 aromatic rings. The second-order valence-electron chi connectivity index (χ2n) is 7.11. The average molecular weight is 382 g/mol. The van der Waals surface area contributed by atoms with Gasteiger partial charge in [0, 0.05) is 37.8 Å². The molecular weight excluding hydrogens is 354 g/mol. The van der Waals surface area contributed by atoms with Gasteiger partial charge in [-0.1, -0.05) is 30.3 Å². The first-order chi connectivity index (χ1) is 13.5. The summed E-state index contributed by atoms with van der Waals surface area (Å²) >= 11 is 0. The quantitative estimate of drug-likeness (QED) is 0.781. The predicted molar refractivity (Wildman–Crippen MR) is 111 cm³/mol. The molecule has 2 amide bonds. The molecule has 0 unspecified atom stereocenters. The van der Waals surface area contributed by atoms with Crippen LogP contribution in [-0.2, 0) is 9.59 Å². The van der Waals surface area contributed by atoms with Gasteiger partial charge in [0.25, 0.3) is 0 Å². The summed E-state index contributed by atoms with van der Waals surface area (Å²) in [5, 5.41) is 2.92. The zero-order valence-corrected chi connectivity index (χ0v) is 16.6. The fourth-order valence-electron chi connectivity index (χ4n) is 3.78. The lowest BCUT2D eigenvalue weighted by molar-refractivity contribution is -0.130. The zero-order chi connectivity index (χ0) is 20.0. The molecule has 0 aromatic heterocycles. The molecule has 0 saturated carbocycles. The molecular formula is C22H28N3O3+. The normalized spacial score (nSPS) is 16.4. The van der Waals surface area contributed by atoms with E-state index < -0.39 is 0 Å². The highest BCUT2D eigenvalue weighted by Gasteiger charge is 2.41. The Hall–Kier alpha value is -2.70. The Balaban J connectivity index is 1.59. The summed E-state index contributed by atoms with van der Waals surface area (Å²) in [6.07, 6.45) is 0.434. The maximum absolute atomic E-state index is 12.6. The van der Waals surface area contributed by atoms with Crippen molar-refractivity contribution < 1.29 is 14.3 Å². The molecule has 28 heavy (non-hydrogen) atoms. The average Bonchev–Trinajstić information content (AvgIpc) is 2.73. The number of carbonyl (C=O) groups is 2. The van der Waals surface area contributed by atoms with Crippen molar-refractivity contribution in [2.45, 2.75) is 13.3 Å². The fraction of sp³-hybridized carbons (Fsp3) is 0.364. The number of nitrogens with one attached hydrogen (secondary N) is 1. The maximum atomic E-state index is 12.6. The Morgan fingerprint density at radius 2 is 1.68 bits per heavy atom. The second-order valence-corrected chi connectivity index (χ2v) is 7.11. The summed E-state index contributed by atoms with van der Waals surface area (Å²) in [6.45, 7) is 5.20. The molecule has 1 fully saturated rings. The van der Waals surface area contributed by atoms with Crippen molar-refractivity contribution in [3.8, 4) is 5.75 Å². The lowest BCUT2D eigenvalue weighted by Crippen LogP contribution is -2.63. The number of methoxy groups -OCH3 is 1. The minimum Gasteiger partial charge on any atom is -0.491 e. The number of benzene rings is 2. The maximum Gasteiger partial charge on any atom is 0.315 e. The van der Waals surface area contributed by atoms with E-state index in [0.717, 1.165) is 30.2 Å². The third-order valence-electron chi connectivity index (χ3n) is 5.46. The molecule has 6 nitrogen and oxygen atoms in total. The SMILES string of the molecule is COc1ccccc1[N+]1(C(C)=O)CCN(CCC(=O)Nc2ccccc2)CC1. The first-order valence-corrected chi connectivity index (χ1v) is 9.64. The van der Waals surface area contributed by atoms with Gasteiger partial charge in [-0.25, -0.2) is 9.28 Å². The zero-order valence-electron chi connectivity index (χ0n) is 16.6. The first kappa shape index (κ1) is 20.0. The van der Waals surface area contributed by atoms with Gasteiger partial charge in [0.1, 0.15) is 13.1 Å². The predicted octanol–water partition coefficient (Wildman–Crippen LogP) is 2.89. The number of carbonyl (C=O) groups excluding carboxylic acids is 2. The highest BCUT2D eigenvalue weighted by molar-refractivity contribution is 5.91. The molecule has 148 valence electrons. The molecule has 6 heteroatoms. The van der Waals surface area contributed by atoms with Crippen molar-refractivity contribution in [3.05, 3.63) is 54.6 Å². The second kappa shape index (κ2) is 8.99. The third kappa shape index (κ3) is 4.40. The van der Waals surface area contributed by atoms with Crippen LogP contribution in [0.5, 0.6) is 5.75 Å². The fourth-order valence-corrected chi connectivity index (χ4v) is 3.78. The monoisotopic (exact) mass is 382 g/mol. The van der Waals surface area contributed by atoms with Crippen LogP contribution in [0.2, 0.25) is 0 Å². The minimum absolute atomic E-state index is 0.00817. The van der Waals surface area contributed by atoms with Crippen molar-refractivity contribution in [2.24, 2.45) is 0 Å². The largest absolute Gasteiger partial charge is 0.491 e. The molecule has 0 atom stereocenters. The van der Waals surface area contributed by atoms with Crippen LogP contribution in [0.25, 0.3) is 0 Å². The number of amides is 2. The van der Waals surface area contributed by atoms with Gasteiger partial charge >= 0.3 is 5.91 Å². The standard InChI is InChI=1S/C22H27N3O3/c1-18(26)25(20-10-6-7-11-21(20)28-2)16-14-24(15-17-25)13-12-22(27)23-19-8-4-3-5-9-19/h3-11H,12-17H2,1-2H3/p+1. The molecule has 0 bridgehead atoms. The van der Waals surface area contributed by atoms with Crippen molar-refractivity contribution >= 4 is 23.2 Å². The lowest BCUT2D eigenvalue weighted by Gasteiger charge is -2.42. The van der Waals surface area contributed by atoms with E-state index in [1.54, 1.807) is 14.0 Å². The van der Waals surface area contributed by atoms with Crippen LogP contribution < -0.4 is 14.5 Å². The molecule has 3 rings (SSSR count). The molecule has 1 N–H and O–H groups in total. The molecule has 1 saturated heterocycles. The Bertz CT molecular complexity index is 815. The van der Waals surface area contributed by atoms with Crippen molar-refractivity contribution in [1.82, 2.24) is 9.38 Å². The van der Waals surface area contributed by atoms with Gasteiger partial charge in [-0.15, -0.1) is 0 Å². The van der Waals surface area contributed by atoms with Crippen molar-refractivity contribution in [1.29, 1.82) is 0 Å². The Morgan fingerprint density at radius 3 is 2.32 bits per heavy atom. The summed E-state index contributed by atoms with van der Waals surface area (Å²) in [6, 6.07) is 17.2. The van der Waals surface area contributed by atoms with Crippen LogP contribution in [0, 0.1) is 0 Å². The van der Waals surface area contributed by atoms with Gasteiger partial charge < -0.3 is 10.1 Å². The number of quaternary nitrogens is 1. The van der Waals surface area contributed by atoms with Gasteiger partial charge in [0.15, 0.2) is 11.4 Å². The summed E-state index contributed by atoms with van der Waals surface area (Å²) in [7, 11) is 1.64. The molecule has 2 aromatic carbocycles. The van der Waals surface area contributed by atoms with E-state index in [2.05, 4.69) is 10.2 Å². The summed E-state index contributed by atoms with van der Waals surface area (Å²) in [5.41, 5.74) is 1.73. The van der Waals surface area contributed by atoms with Gasteiger partial charge in [-0.05, 0) is 18.2 Å². The number of nitrogens with zero attached hydrogens (tertiary/aromatic N) is 2. The summed E-state index contributed by atoms with van der Waals surface area (Å²) in [5.74, 6) is 0.869. The van der Waals surface area contributed by atoms with E-state index >= 15 is 0 Å². The van der Waals surface area contributed by atoms with Crippen molar-refractivity contribution in [3.63, 3.8) is 0 Å².